The molecule has 150 valence electrons. The number of phenolic OH excluding ortho intramolecular Hbond substituents is 2. The van der Waals surface area contributed by atoms with Gasteiger partial charge >= 0.3 is 0 Å². The third-order valence-electron chi connectivity index (χ3n) is 4.71. The summed E-state index contributed by atoms with van der Waals surface area (Å²) in [6.07, 6.45) is 0.283. The van der Waals surface area contributed by atoms with E-state index in [4.69, 9.17) is 10.8 Å². The Morgan fingerprint density at radius 2 is 1.89 bits per heavy atom. The largest absolute Gasteiger partial charge is 0.504 e. The second-order valence-electron chi connectivity index (χ2n) is 7.24. The number of amides is 2. The Kier molecular flexibility index (Phi) is 6.26. The first-order valence-electron chi connectivity index (χ1n) is 8.56. The molecule has 2 amide bonds. The summed E-state index contributed by atoms with van der Waals surface area (Å²) in [5, 5.41) is 43.3. The molecule has 3 atom stereocenters. The highest BCUT2D eigenvalue weighted by atomic mass is 16.3. The molecule has 2 rings (SSSR count). The maximum Gasteiger partial charge on any atom is 0.245 e. The van der Waals surface area contributed by atoms with E-state index in [1.165, 1.54) is 6.07 Å². The minimum atomic E-state index is -1.22. The average molecular weight is 383 g/mol. The Labute approximate surface area is 156 Å². The third-order valence-corrected chi connectivity index (χ3v) is 4.71. The molecule has 1 aromatic rings. The number of phenols is 2. The van der Waals surface area contributed by atoms with E-state index in [9.17, 15) is 24.9 Å². The summed E-state index contributed by atoms with van der Waals surface area (Å²) in [5.74, 6) is -1.82. The zero-order valence-corrected chi connectivity index (χ0v) is 15.3. The van der Waals surface area contributed by atoms with Crippen LogP contribution >= 0.6 is 0 Å². The highest BCUT2D eigenvalue weighted by molar-refractivity contribution is 5.90. The second-order valence-corrected chi connectivity index (χ2v) is 7.24. The Bertz CT molecular complexity index is 724. The van der Waals surface area contributed by atoms with Gasteiger partial charge in [0.25, 0.3) is 0 Å². The van der Waals surface area contributed by atoms with Crippen molar-refractivity contribution in [2.24, 2.45) is 5.73 Å². The van der Waals surface area contributed by atoms with E-state index in [2.05, 4.69) is 10.6 Å². The van der Waals surface area contributed by atoms with Crippen molar-refractivity contribution < 1.29 is 30.0 Å². The quantitative estimate of drug-likeness (QED) is 0.211. The molecule has 0 spiro atoms. The van der Waals surface area contributed by atoms with Crippen LogP contribution in [-0.2, 0) is 16.0 Å². The van der Waals surface area contributed by atoms with Crippen molar-refractivity contribution in [2.45, 2.75) is 24.5 Å². The summed E-state index contributed by atoms with van der Waals surface area (Å²) in [4.78, 5) is 24.2. The number of carbonyl (C=O) groups is 2. The Morgan fingerprint density at radius 3 is 2.48 bits per heavy atom. The number of quaternary nitrogens is 1. The molecule has 0 radical (unpaired) electrons. The molecule has 27 heavy (non-hydrogen) atoms. The van der Waals surface area contributed by atoms with Gasteiger partial charge in [-0.15, -0.1) is 0 Å². The zero-order chi connectivity index (χ0) is 20.4. The lowest BCUT2D eigenvalue weighted by Gasteiger charge is -2.39. The fourth-order valence-electron chi connectivity index (χ4n) is 3.30. The second kappa shape index (κ2) is 8.09. The van der Waals surface area contributed by atoms with E-state index in [1.54, 1.807) is 6.07 Å². The van der Waals surface area contributed by atoms with Crippen LogP contribution in [0.1, 0.15) is 5.56 Å². The Morgan fingerprint density at radius 1 is 1.22 bits per heavy atom. The van der Waals surface area contributed by atoms with Gasteiger partial charge in [-0.05, 0) is 6.07 Å². The van der Waals surface area contributed by atoms with E-state index < -0.39 is 43.2 Å². The van der Waals surface area contributed by atoms with Crippen molar-refractivity contribution in [1.29, 1.82) is 0 Å². The van der Waals surface area contributed by atoms with Crippen molar-refractivity contribution in [3.8, 4) is 11.5 Å². The fraction of sp³-hybridized carbons (Fsp3) is 0.529. The molecule has 0 fully saturated rings. The molecule has 0 saturated carbocycles. The molecule has 0 aromatic heterocycles. The van der Waals surface area contributed by atoms with Crippen molar-refractivity contribution >= 4 is 17.5 Å². The smallest absolute Gasteiger partial charge is 0.245 e. The molecule has 0 saturated heterocycles. The highest BCUT2D eigenvalue weighted by Gasteiger charge is 2.37. The van der Waals surface area contributed by atoms with Crippen LogP contribution in [0.3, 0.4) is 0 Å². The molecule has 0 bridgehead atoms. The Hall–Kier alpha value is -2.40. The third kappa shape index (κ3) is 4.48. The highest BCUT2D eigenvalue weighted by Crippen LogP contribution is 2.41. The number of nitrogens with one attached hydrogen (secondary N) is 2. The van der Waals surface area contributed by atoms with E-state index in [1.807, 2.05) is 14.1 Å². The number of aromatic hydroxyl groups is 2. The number of aliphatic hydroxyl groups is 2. The molecule has 0 aliphatic carbocycles. The number of hydrogen-bond donors (Lipinski definition) is 7. The predicted octanol–water partition coefficient (Wildman–Crippen LogP) is -2.50. The van der Waals surface area contributed by atoms with Gasteiger partial charge in [0.05, 0.1) is 38.9 Å². The number of nitrogens with two attached hydrogens (primary N) is 1. The van der Waals surface area contributed by atoms with Crippen molar-refractivity contribution in [3.63, 3.8) is 0 Å². The first-order valence-corrected chi connectivity index (χ1v) is 8.56. The minimum Gasteiger partial charge on any atom is -0.504 e. The lowest BCUT2D eigenvalue weighted by atomic mass is 9.94. The van der Waals surface area contributed by atoms with Crippen LogP contribution in [0.5, 0.6) is 11.5 Å². The van der Waals surface area contributed by atoms with E-state index >= 15 is 0 Å². The Balaban J connectivity index is 2.14. The van der Waals surface area contributed by atoms with Gasteiger partial charge in [0.2, 0.25) is 11.8 Å². The topological polar surface area (TPSA) is 165 Å². The van der Waals surface area contributed by atoms with Gasteiger partial charge < -0.3 is 36.8 Å². The van der Waals surface area contributed by atoms with Crippen molar-refractivity contribution in [1.82, 2.24) is 15.1 Å². The van der Waals surface area contributed by atoms with Gasteiger partial charge in [-0.25, -0.2) is 0 Å². The molecule has 1 heterocycles. The van der Waals surface area contributed by atoms with E-state index in [0.717, 1.165) is 5.69 Å². The summed E-state index contributed by atoms with van der Waals surface area (Å²) in [7, 11) is 3.80. The fourth-order valence-corrected chi connectivity index (χ4v) is 3.30. The van der Waals surface area contributed by atoms with Crippen LogP contribution in [0.25, 0.3) is 0 Å². The average Bonchev–Trinajstić information content (AvgIpc) is 2.61. The summed E-state index contributed by atoms with van der Waals surface area (Å²) >= 11 is 0. The van der Waals surface area contributed by atoms with Gasteiger partial charge in [-0.2, -0.15) is 0 Å². The molecule has 1 aliphatic heterocycles. The van der Waals surface area contributed by atoms with Crippen LogP contribution in [-0.4, -0.2) is 84.2 Å². The van der Waals surface area contributed by atoms with Crippen LogP contribution in [0, 0.1) is 0 Å². The van der Waals surface area contributed by atoms with Crippen molar-refractivity contribution in [3.05, 3.63) is 17.7 Å². The monoisotopic (exact) mass is 383 g/mol. The van der Waals surface area contributed by atoms with Crippen LogP contribution in [0.15, 0.2) is 12.1 Å². The first kappa shape index (κ1) is 20.9. The van der Waals surface area contributed by atoms with Crippen molar-refractivity contribution in [2.75, 3.05) is 33.9 Å². The van der Waals surface area contributed by atoms with Gasteiger partial charge in [0, 0.05) is 12.5 Å². The number of aliphatic hydroxyl groups excluding tert-OH is 2. The summed E-state index contributed by atoms with van der Waals surface area (Å²) in [6, 6.07) is 0.350. The standard InChI is InChI=1S/C17H26N4O6/c1-21(2)6-9(5-10-13(21)3-4-14(24)15(10)25)19-17(27)12(8-23)20-16(26)11(18)7-22/h3-4,9,11-12,22-23H,5-8,18H2,1-2H3,(H3-,19,20,24,25,26,27)/p+1/t9?,11-,12+/m1/s1. The summed E-state index contributed by atoms with van der Waals surface area (Å²) in [5.41, 5.74) is 6.76. The zero-order valence-electron chi connectivity index (χ0n) is 15.3. The minimum absolute atomic E-state index is 0.224. The van der Waals surface area contributed by atoms with E-state index in [-0.39, 0.29) is 17.9 Å². The van der Waals surface area contributed by atoms with Gasteiger partial charge in [-0.3, -0.25) is 14.1 Å². The van der Waals surface area contributed by atoms with Crippen LogP contribution in [0.2, 0.25) is 0 Å². The molecule has 1 aliphatic rings. The van der Waals surface area contributed by atoms with Gasteiger partial charge in [0.1, 0.15) is 24.3 Å². The predicted molar refractivity (Wildman–Crippen MR) is 98.0 cm³/mol. The van der Waals surface area contributed by atoms with Gasteiger partial charge in [0.15, 0.2) is 11.5 Å². The maximum absolute atomic E-state index is 12.5. The molecule has 10 heteroatoms. The number of benzene rings is 1. The van der Waals surface area contributed by atoms with Gasteiger partial charge in [-0.1, -0.05) is 0 Å². The number of nitrogens with zero attached hydrogens (tertiary/aromatic N) is 1. The summed E-state index contributed by atoms with van der Waals surface area (Å²) in [6.45, 7) is -0.714. The number of rotatable bonds is 6. The SMILES string of the molecule is C[N+]1(C)CC(NC(=O)[C@H](CO)NC(=O)[C@H](N)CO)Cc2c1ccc(O)c2O. The molecular formula is C17H27N4O6+. The molecule has 1 unspecified atom stereocenters. The lowest BCUT2D eigenvalue weighted by molar-refractivity contribution is -0.131. The number of fused-ring (bicyclic) bond motifs is 1. The number of hydrogen-bond acceptors (Lipinski definition) is 7. The van der Waals surface area contributed by atoms with Crippen LogP contribution < -0.4 is 20.9 Å². The maximum atomic E-state index is 12.5. The molecule has 8 N–H and O–H groups in total. The molecular weight excluding hydrogens is 356 g/mol. The van der Waals surface area contributed by atoms with Crippen LogP contribution in [0.4, 0.5) is 5.69 Å². The first-order chi connectivity index (χ1) is 12.6. The lowest BCUT2D eigenvalue weighted by Crippen LogP contribution is -2.60. The molecule has 1 aromatic carbocycles. The molecule has 10 nitrogen and oxygen atoms in total. The van der Waals surface area contributed by atoms with E-state index in [0.29, 0.717) is 16.6 Å². The number of likely N-dealkylation sites (N-methyl/N-ethyl adjacent to an activating group) is 1. The normalized spacial score (nSPS) is 20.3. The summed E-state index contributed by atoms with van der Waals surface area (Å²) < 4.78 is 0.361. The number of carbonyl (C=O) groups excluding carboxylic acids is 2.